The molecule has 198 valence electrons. The van der Waals surface area contributed by atoms with Crippen molar-refractivity contribution >= 4 is 63.5 Å². The molecule has 0 spiro atoms. The van der Waals surface area contributed by atoms with E-state index in [1.165, 1.54) is 16.7 Å². The lowest BCUT2D eigenvalue weighted by Gasteiger charge is -2.27. The van der Waals surface area contributed by atoms with Crippen molar-refractivity contribution in [2.75, 3.05) is 5.32 Å². The molecule has 5 rings (SSSR count). The van der Waals surface area contributed by atoms with E-state index in [-0.39, 0.29) is 24.1 Å². The Morgan fingerprint density at radius 2 is 1.74 bits per heavy atom. The summed E-state index contributed by atoms with van der Waals surface area (Å²) in [6.45, 7) is 2.27. The molecule has 0 aromatic heterocycles. The molecule has 3 aromatic rings. The lowest BCUT2D eigenvalue weighted by Crippen LogP contribution is -2.43. The van der Waals surface area contributed by atoms with Crippen molar-refractivity contribution in [1.29, 1.82) is 0 Å². The molecule has 3 amide bonds. The molecule has 0 saturated carbocycles. The van der Waals surface area contributed by atoms with Crippen LogP contribution in [0.2, 0.25) is 5.02 Å². The van der Waals surface area contributed by atoms with Gasteiger partial charge in [-0.1, -0.05) is 72.8 Å². The number of aliphatic imine (C=N–C) groups is 2. The molecule has 0 bridgehead atoms. The molecule has 0 saturated heterocycles. The van der Waals surface area contributed by atoms with Crippen molar-refractivity contribution in [3.63, 3.8) is 0 Å². The lowest BCUT2D eigenvalue weighted by molar-refractivity contribution is -0.128. The maximum Gasteiger partial charge on any atom is 0.259 e. The van der Waals surface area contributed by atoms with E-state index in [1.54, 1.807) is 24.3 Å². The fourth-order valence-corrected chi connectivity index (χ4v) is 5.41. The van der Waals surface area contributed by atoms with Crippen molar-refractivity contribution in [1.82, 2.24) is 10.2 Å². The molecular weight excluding hydrogens is 534 g/mol. The number of thioether (sulfide) groups is 1. The van der Waals surface area contributed by atoms with E-state index in [0.717, 1.165) is 5.56 Å². The SMILES string of the molecule is CC[C@H](SC1=Nc2ccccc2C2=N[C@H](CC(=O)NCc3ccccc3)C(=O)N12)C(=O)Nc1ccc(Cl)cc1. The summed E-state index contributed by atoms with van der Waals surface area (Å²) in [7, 11) is 0. The highest BCUT2D eigenvalue weighted by Gasteiger charge is 2.43. The van der Waals surface area contributed by atoms with Crippen molar-refractivity contribution < 1.29 is 14.4 Å². The molecule has 3 aromatic carbocycles. The second-order valence-electron chi connectivity index (χ2n) is 9.03. The van der Waals surface area contributed by atoms with Gasteiger partial charge in [-0.25, -0.2) is 9.89 Å². The fourth-order valence-electron chi connectivity index (χ4n) is 4.26. The number of amidine groups is 2. The van der Waals surface area contributed by atoms with Gasteiger partial charge >= 0.3 is 0 Å². The Morgan fingerprint density at radius 1 is 1.03 bits per heavy atom. The van der Waals surface area contributed by atoms with E-state index in [2.05, 4.69) is 15.6 Å². The van der Waals surface area contributed by atoms with Crippen LogP contribution < -0.4 is 10.6 Å². The molecule has 2 heterocycles. The predicted octanol–water partition coefficient (Wildman–Crippen LogP) is 5.16. The van der Waals surface area contributed by atoms with Gasteiger partial charge in [0.25, 0.3) is 5.91 Å². The highest BCUT2D eigenvalue weighted by Crippen LogP contribution is 2.36. The number of amides is 3. The number of hydrogen-bond donors (Lipinski definition) is 2. The summed E-state index contributed by atoms with van der Waals surface area (Å²) in [5, 5.41) is 6.19. The standard InChI is InChI=1S/C29H26ClN5O3S/c1-2-24(27(37)32-20-14-12-19(30)13-15-20)39-29-34-22-11-7-6-10-21(22)26-33-23(28(38)35(26)29)16-25(36)31-17-18-8-4-3-5-9-18/h3-15,23-24H,2,16-17H2,1H3,(H,31,36)(H,32,37)/t23-,24+/m1/s1. The number of halogens is 1. The fraction of sp³-hybridized carbons (Fsp3) is 0.207. The maximum absolute atomic E-state index is 13.6. The summed E-state index contributed by atoms with van der Waals surface area (Å²) < 4.78 is 0. The number of para-hydroxylation sites is 1. The third-order valence-electron chi connectivity index (χ3n) is 6.28. The number of anilines is 1. The Bertz CT molecular complexity index is 1460. The largest absolute Gasteiger partial charge is 0.352 e. The highest BCUT2D eigenvalue weighted by atomic mass is 35.5. The molecule has 0 radical (unpaired) electrons. The second kappa shape index (κ2) is 11.8. The van der Waals surface area contributed by atoms with E-state index in [9.17, 15) is 14.4 Å². The second-order valence-corrected chi connectivity index (χ2v) is 10.6. The Morgan fingerprint density at radius 3 is 2.49 bits per heavy atom. The topological polar surface area (TPSA) is 103 Å². The maximum atomic E-state index is 13.6. The summed E-state index contributed by atoms with van der Waals surface area (Å²) in [6.07, 6.45) is 0.421. The Hall–Kier alpha value is -3.95. The Labute approximate surface area is 235 Å². The minimum absolute atomic E-state index is 0.0833. The third kappa shape index (κ3) is 6.05. The van der Waals surface area contributed by atoms with E-state index in [1.807, 2.05) is 61.5 Å². The summed E-state index contributed by atoms with van der Waals surface area (Å²) in [5.74, 6) is -0.376. The van der Waals surface area contributed by atoms with Crippen molar-refractivity contribution in [2.24, 2.45) is 9.98 Å². The van der Waals surface area contributed by atoms with E-state index < -0.39 is 11.3 Å². The monoisotopic (exact) mass is 559 g/mol. The molecular formula is C29H26ClN5O3S. The number of rotatable bonds is 8. The van der Waals surface area contributed by atoms with Crippen LogP contribution in [0.1, 0.15) is 30.9 Å². The molecule has 2 aliphatic rings. The van der Waals surface area contributed by atoms with Gasteiger partial charge in [0, 0.05) is 22.8 Å². The highest BCUT2D eigenvalue weighted by molar-refractivity contribution is 8.15. The first-order valence-electron chi connectivity index (χ1n) is 12.6. The summed E-state index contributed by atoms with van der Waals surface area (Å²) in [5.41, 5.74) is 2.96. The van der Waals surface area contributed by atoms with Crippen molar-refractivity contribution in [3.8, 4) is 0 Å². The Kier molecular flexibility index (Phi) is 8.09. The van der Waals surface area contributed by atoms with Gasteiger partial charge in [0.15, 0.2) is 5.17 Å². The molecule has 2 atom stereocenters. The smallest absolute Gasteiger partial charge is 0.259 e. The zero-order valence-electron chi connectivity index (χ0n) is 21.1. The molecule has 10 heteroatoms. The van der Waals surface area contributed by atoms with Gasteiger partial charge < -0.3 is 10.6 Å². The van der Waals surface area contributed by atoms with Crippen LogP contribution in [0.4, 0.5) is 11.4 Å². The number of fused-ring (bicyclic) bond motifs is 3. The minimum atomic E-state index is -0.879. The molecule has 39 heavy (non-hydrogen) atoms. The van der Waals surface area contributed by atoms with Gasteiger partial charge in [-0.05, 0) is 48.4 Å². The number of benzene rings is 3. The van der Waals surface area contributed by atoms with E-state index in [0.29, 0.717) is 45.9 Å². The number of carbonyl (C=O) groups is 3. The van der Waals surface area contributed by atoms with Crippen LogP contribution in [0.3, 0.4) is 0 Å². The normalized spacial score (nSPS) is 16.5. The van der Waals surface area contributed by atoms with Crippen LogP contribution >= 0.6 is 23.4 Å². The number of nitrogens with one attached hydrogen (secondary N) is 2. The summed E-state index contributed by atoms with van der Waals surface area (Å²) >= 11 is 7.16. The Balaban J connectivity index is 1.33. The van der Waals surface area contributed by atoms with Crippen LogP contribution in [0.15, 0.2) is 88.8 Å². The summed E-state index contributed by atoms with van der Waals surface area (Å²) in [6, 6.07) is 23.0. The average Bonchev–Trinajstić information content (AvgIpc) is 3.28. The first kappa shape index (κ1) is 26.6. The van der Waals surface area contributed by atoms with Crippen LogP contribution in [-0.2, 0) is 20.9 Å². The van der Waals surface area contributed by atoms with Crippen LogP contribution in [0.5, 0.6) is 0 Å². The van der Waals surface area contributed by atoms with Gasteiger partial charge in [-0.3, -0.25) is 19.4 Å². The van der Waals surface area contributed by atoms with Crippen molar-refractivity contribution in [2.45, 2.75) is 37.6 Å². The molecule has 2 N–H and O–H groups in total. The lowest BCUT2D eigenvalue weighted by atomic mass is 10.1. The zero-order chi connectivity index (χ0) is 27.4. The zero-order valence-corrected chi connectivity index (χ0v) is 22.7. The molecule has 8 nitrogen and oxygen atoms in total. The first-order valence-corrected chi connectivity index (χ1v) is 13.8. The summed E-state index contributed by atoms with van der Waals surface area (Å²) in [4.78, 5) is 50.2. The number of carbonyl (C=O) groups excluding carboxylic acids is 3. The van der Waals surface area contributed by atoms with Gasteiger partial charge in [-0.2, -0.15) is 0 Å². The van der Waals surface area contributed by atoms with Crippen molar-refractivity contribution in [3.05, 3.63) is 95.0 Å². The van der Waals surface area contributed by atoms with E-state index in [4.69, 9.17) is 16.6 Å². The molecule has 0 aliphatic carbocycles. The third-order valence-corrected chi connectivity index (χ3v) is 7.85. The minimum Gasteiger partial charge on any atom is -0.352 e. The predicted molar refractivity (Wildman–Crippen MR) is 155 cm³/mol. The average molecular weight is 560 g/mol. The van der Waals surface area contributed by atoms with Gasteiger partial charge in [0.05, 0.1) is 17.4 Å². The molecule has 2 aliphatic heterocycles. The van der Waals surface area contributed by atoms with Crippen LogP contribution in [-0.4, -0.2) is 44.9 Å². The first-order chi connectivity index (χ1) is 18.9. The van der Waals surface area contributed by atoms with E-state index >= 15 is 0 Å². The van der Waals surface area contributed by atoms with Gasteiger partial charge in [-0.15, -0.1) is 0 Å². The number of nitrogens with zero attached hydrogens (tertiary/aromatic N) is 3. The van der Waals surface area contributed by atoms with Gasteiger partial charge in [0.1, 0.15) is 11.9 Å². The van der Waals surface area contributed by atoms with Crippen LogP contribution in [0.25, 0.3) is 0 Å². The number of hydrogen-bond acceptors (Lipinski definition) is 6. The molecule has 0 fully saturated rings. The van der Waals surface area contributed by atoms with Gasteiger partial charge in [0.2, 0.25) is 11.8 Å². The van der Waals surface area contributed by atoms with Crippen LogP contribution in [0, 0.1) is 0 Å². The quantitative estimate of drug-likeness (QED) is 0.398. The molecule has 0 unspecified atom stereocenters.